The van der Waals surface area contributed by atoms with Crippen molar-refractivity contribution in [1.82, 2.24) is 9.47 Å². The number of anilines is 1. The van der Waals surface area contributed by atoms with Crippen molar-refractivity contribution in [3.8, 4) is 0 Å². The Labute approximate surface area is 107 Å². The van der Waals surface area contributed by atoms with Crippen molar-refractivity contribution < 1.29 is 4.79 Å². The number of hydrogen-bond donors (Lipinski definition) is 1. The lowest BCUT2D eigenvalue weighted by atomic mass is 10.3. The second kappa shape index (κ2) is 6.05. The Hall–Kier alpha value is -2.04. The van der Waals surface area contributed by atoms with E-state index in [0.717, 1.165) is 0 Å². The first kappa shape index (κ1) is 14.0. The number of hydrogen-bond acceptors (Lipinski definition) is 3. The van der Waals surface area contributed by atoms with Gasteiger partial charge in [-0.2, -0.15) is 0 Å². The fraction of sp³-hybridized carbons (Fsp3) is 0.385. The third-order valence-corrected chi connectivity index (χ3v) is 2.58. The molecule has 1 aromatic heterocycles. The van der Waals surface area contributed by atoms with Gasteiger partial charge in [0.1, 0.15) is 6.54 Å². The van der Waals surface area contributed by atoms with Crippen molar-refractivity contribution >= 4 is 11.6 Å². The minimum absolute atomic E-state index is 0.00407. The number of carbonyl (C=O) groups is 1. The van der Waals surface area contributed by atoms with Gasteiger partial charge in [0, 0.05) is 30.5 Å². The molecule has 0 fully saturated rings. The number of aromatic nitrogens is 1. The molecule has 0 radical (unpaired) electrons. The van der Waals surface area contributed by atoms with Crippen molar-refractivity contribution in [3.05, 3.63) is 41.3 Å². The normalized spacial score (nSPS) is 10.4. The van der Waals surface area contributed by atoms with Gasteiger partial charge >= 0.3 is 0 Å². The molecule has 5 nitrogen and oxygen atoms in total. The van der Waals surface area contributed by atoms with E-state index >= 15 is 0 Å². The number of rotatable bonds is 5. The summed E-state index contributed by atoms with van der Waals surface area (Å²) in [6.07, 6.45) is 3.15. The van der Waals surface area contributed by atoms with Gasteiger partial charge < -0.3 is 15.2 Å². The summed E-state index contributed by atoms with van der Waals surface area (Å²) in [5.41, 5.74) is 5.82. The van der Waals surface area contributed by atoms with Crippen LogP contribution in [-0.4, -0.2) is 28.0 Å². The molecule has 1 amide bonds. The molecule has 18 heavy (non-hydrogen) atoms. The number of carbonyl (C=O) groups excluding carboxylic acids is 1. The van der Waals surface area contributed by atoms with E-state index in [2.05, 4.69) is 6.58 Å². The number of pyridine rings is 1. The molecule has 1 rings (SSSR count). The Kier molecular flexibility index (Phi) is 4.71. The third kappa shape index (κ3) is 3.48. The Balaban J connectivity index is 2.88. The number of nitrogens with two attached hydrogens (primary N) is 1. The Morgan fingerprint density at radius 3 is 2.78 bits per heavy atom. The predicted octanol–water partition coefficient (Wildman–Crippen LogP) is 0.853. The maximum absolute atomic E-state index is 12.1. The number of nitrogens with zero attached hydrogens (tertiary/aromatic N) is 2. The lowest BCUT2D eigenvalue weighted by molar-refractivity contribution is -0.132. The van der Waals surface area contributed by atoms with Gasteiger partial charge in [0.15, 0.2) is 0 Å². The average Bonchev–Trinajstić information content (AvgIpc) is 2.30. The standard InChI is InChI=1S/C13H19N3O2/c1-4-7-16(10(2)3)13(18)9-15-8-11(14)5-6-12(15)17/h4-6,8,10H,1,7,9,14H2,2-3H3. The van der Waals surface area contributed by atoms with E-state index in [1.54, 1.807) is 11.0 Å². The lowest BCUT2D eigenvalue weighted by Crippen LogP contribution is -2.40. The van der Waals surface area contributed by atoms with E-state index in [9.17, 15) is 9.59 Å². The summed E-state index contributed by atoms with van der Waals surface area (Å²) in [7, 11) is 0. The summed E-state index contributed by atoms with van der Waals surface area (Å²) in [4.78, 5) is 25.3. The van der Waals surface area contributed by atoms with Gasteiger partial charge in [-0.05, 0) is 19.9 Å². The summed E-state index contributed by atoms with van der Waals surface area (Å²) in [5, 5.41) is 0. The smallest absolute Gasteiger partial charge is 0.251 e. The first-order valence-corrected chi connectivity index (χ1v) is 5.82. The second-order valence-corrected chi connectivity index (χ2v) is 4.36. The molecule has 0 bridgehead atoms. The summed E-state index contributed by atoms with van der Waals surface area (Å²) in [6.45, 7) is 7.92. The minimum atomic E-state index is -0.236. The third-order valence-electron chi connectivity index (χ3n) is 2.58. The SMILES string of the molecule is C=CCN(C(=O)Cn1cc(N)ccc1=O)C(C)C. The van der Waals surface area contributed by atoms with Gasteiger partial charge in [-0.3, -0.25) is 9.59 Å². The largest absolute Gasteiger partial charge is 0.398 e. The molecule has 1 aromatic rings. The highest BCUT2D eigenvalue weighted by atomic mass is 16.2. The maximum atomic E-state index is 12.1. The van der Waals surface area contributed by atoms with Crippen LogP contribution in [0.4, 0.5) is 5.69 Å². The van der Waals surface area contributed by atoms with Gasteiger partial charge in [-0.1, -0.05) is 6.08 Å². The maximum Gasteiger partial charge on any atom is 0.251 e. The van der Waals surface area contributed by atoms with Crippen LogP contribution in [-0.2, 0) is 11.3 Å². The summed E-state index contributed by atoms with van der Waals surface area (Å²) >= 11 is 0. The summed E-state index contributed by atoms with van der Waals surface area (Å²) in [5.74, 6) is -0.127. The van der Waals surface area contributed by atoms with Gasteiger partial charge in [0.05, 0.1) is 0 Å². The zero-order chi connectivity index (χ0) is 13.7. The molecule has 0 saturated carbocycles. The van der Waals surface area contributed by atoms with Crippen LogP contribution in [0, 0.1) is 0 Å². The lowest BCUT2D eigenvalue weighted by Gasteiger charge is -2.25. The fourth-order valence-electron chi connectivity index (χ4n) is 1.65. The predicted molar refractivity (Wildman–Crippen MR) is 72.2 cm³/mol. The highest BCUT2D eigenvalue weighted by molar-refractivity contribution is 5.76. The van der Waals surface area contributed by atoms with E-state index in [4.69, 9.17) is 5.73 Å². The monoisotopic (exact) mass is 249 g/mol. The van der Waals surface area contributed by atoms with Crippen LogP contribution in [0.2, 0.25) is 0 Å². The average molecular weight is 249 g/mol. The van der Waals surface area contributed by atoms with Crippen LogP contribution in [0.15, 0.2) is 35.8 Å². The van der Waals surface area contributed by atoms with E-state index < -0.39 is 0 Å². The quantitative estimate of drug-likeness (QED) is 0.787. The summed E-state index contributed by atoms with van der Waals surface area (Å²) < 4.78 is 1.32. The van der Waals surface area contributed by atoms with E-state index in [-0.39, 0.29) is 24.1 Å². The van der Waals surface area contributed by atoms with Crippen LogP contribution >= 0.6 is 0 Å². The topological polar surface area (TPSA) is 68.3 Å². The molecule has 0 unspecified atom stereocenters. The van der Waals surface area contributed by atoms with Crippen LogP contribution in [0.5, 0.6) is 0 Å². The molecular weight excluding hydrogens is 230 g/mol. The molecule has 0 aliphatic carbocycles. The van der Waals surface area contributed by atoms with Crippen molar-refractivity contribution in [1.29, 1.82) is 0 Å². The Morgan fingerprint density at radius 2 is 2.22 bits per heavy atom. The molecule has 0 aromatic carbocycles. The van der Waals surface area contributed by atoms with Crippen molar-refractivity contribution in [2.75, 3.05) is 12.3 Å². The minimum Gasteiger partial charge on any atom is -0.398 e. The van der Waals surface area contributed by atoms with E-state index in [1.807, 2.05) is 13.8 Å². The molecule has 0 aliphatic rings. The molecule has 0 spiro atoms. The zero-order valence-corrected chi connectivity index (χ0v) is 10.8. The first-order valence-electron chi connectivity index (χ1n) is 5.82. The van der Waals surface area contributed by atoms with Crippen LogP contribution < -0.4 is 11.3 Å². The summed E-state index contributed by atoms with van der Waals surface area (Å²) in [6, 6.07) is 2.94. The van der Waals surface area contributed by atoms with Gasteiger partial charge in [0.25, 0.3) is 5.56 Å². The Morgan fingerprint density at radius 1 is 1.56 bits per heavy atom. The van der Waals surface area contributed by atoms with E-state index in [0.29, 0.717) is 12.2 Å². The highest BCUT2D eigenvalue weighted by Gasteiger charge is 2.16. The van der Waals surface area contributed by atoms with Crippen LogP contribution in [0.25, 0.3) is 0 Å². The van der Waals surface area contributed by atoms with Crippen LogP contribution in [0.1, 0.15) is 13.8 Å². The van der Waals surface area contributed by atoms with Gasteiger partial charge in [-0.15, -0.1) is 6.58 Å². The zero-order valence-electron chi connectivity index (χ0n) is 10.8. The van der Waals surface area contributed by atoms with Crippen LogP contribution in [0.3, 0.4) is 0 Å². The molecule has 0 atom stereocenters. The molecule has 1 heterocycles. The van der Waals surface area contributed by atoms with E-state index in [1.165, 1.54) is 22.9 Å². The number of amides is 1. The van der Waals surface area contributed by atoms with Gasteiger partial charge in [-0.25, -0.2) is 0 Å². The molecule has 98 valence electrons. The molecule has 0 saturated heterocycles. The molecule has 2 N–H and O–H groups in total. The highest BCUT2D eigenvalue weighted by Crippen LogP contribution is 2.02. The Bertz CT molecular complexity index is 491. The first-order chi connectivity index (χ1) is 8.45. The fourth-order valence-corrected chi connectivity index (χ4v) is 1.65. The molecule has 0 aliphatic heterocycles. The molecular formula is C13H19N3O2. The molecule has 5 heteroatoms. The second-order valence-electron chi connectivity index (χ2n) is 4.36. The van der Waals surface area contributed by atoms with Crippen molar-refractivity contribution in [2.24, 2.45) is 0 Å². The number of nitrogen functional groups attached to an aromatic ring is 1. The van der Waals surface area contributed by atoms with Crippen molar-refractivity contribution in [3.63, 3.8) is 0 Å². The van der Waals surface area contributed by atoms with Gasteiger partial charge in [0.2, 0.25) is 5.91 Å². The van der Waals surface area contributed by atoms with Crippen molar-refractivity contribution in [2.45, 2.75) is 26.4 Å².